The third-order valence-electron chi connectivity index (χ3n) is 1.59. The van der Waals surface area contributed by atoms with Gasteiger partial charge in [-0.3, -0.25) is 0 Å². The Morgan fingerprint density at radius 2 is 2.09 bits per heavy atom. The number of aryl methyl sites for hydroxylation is 1. The molecule has 0 amide bonds. The average molecular weight is 217 g/mol. The van der Waals surface area contributed by atoms with Gasteiger partial charge in [-0.1, -0.05) is 22.0 Å². The van der Waals surface area contributed by atoms with Crippen molar-refractivity contribution in [2.45, 2.75) is 13.5 Å². The summed E-state index contributed by atoms with van der Waals surface area (Å²) >= 11 is 3.22. The van der Waals surface area contributed by atoms with E-state index in [9.17, 15) is 5.11 Å². The van der Waals surface area contributed by atoms with E-state index >= 15 is 0 Å². The second kappa shape index (κ2) is 3.24. The Bertz CT molecular complexity index is 271. The number of phenols is 1. The van der Waals surface area contributed by atoms with Gasteiger partial charge in [0.2, 0.25) is 0 Å². The van der Waals surface area contributed by atoms with Crippen molar-refractivity contribution in [2.75, 3.05) is 0 Å². The van der Waals surface area contributed by atoms with Crippen LogP contribution in [-0.2, 0) is 6.61 Å². The molecule has 1 aromatic carbocycles. The standard InChI is InChI=1S/C8H9BrO2/c1-5-2-3-7(9)6(4-10)8(5)11/h2-3,10-11H,4H2,1H3. The minimum Gasteiger partial charge on any atom is -0.507 e. The molecule has 3 heteroatoms. The van der Waals surface area contributed by atoms with Gasteiger partial charge in [0.25, 0.3) is 0 Å². The molecule has 0 aliphatic carbocycles. The molecule has 0 radical (unpaired) electrons. The van der Waals surface area contributed by atoms with Crippen LogP contribution in [0.25, 0.3) is 0 Å². The lowest BCUT2D eigenvalue weighted by molar-refractivity contribution is 0.274. The maximum Gasteiger partial charge on any atom is 0.125 e. The smallest absolute Gasteiger partial charge is 0.125 e. The number of halogens is 1. The molecule has 2 N–H and O–H groups in total. The summed E-state index contributed by atoms with van der Waals surface area (Å²) in [5, 5.41) is 18.2. The topological polar surface area (TPSA) is 40.5 Å². The molecule has 11 heavy (non-hydrogen) atoms. The SMILES string of the molecule is Cc1ccc(Br)c(CO)c1O. The van der Waals surface area contributed by atoms with Crippen LogP contribution in [0.15, 0.2) is 16.6 Å². The van der Waals surface area contributed by atoms with Crippen LogP contribution >= 0.6 is 15.9 Å². The molecule has 0 heterocycles. The summed E-state index contributed by atoms with van der Waals surface area (Å²) < 4.78 is 0.739. The zero-order chi connectivity index (χ0) is 8.43. The summed E-state index contributed by atoms with van der Waals surface area (Å²) in [6.07, 6.45) is 0. The van der Waals surface area contributed by atoms with Gasteiger partial charge in [0.05, 0.1) is 6.61 Å². The summed E-state index contributed by atoms with van der Waals surface area (Å²) in [5.74, 6) is 0.168. The lowest BCUT2D eigenvalue weighted by atomic mass is 10.1. The first-order valence-corrected chi connectivity index (χ1v) is 4.04. The lowest BCUT2D eigenvalue weighted by Gasteiger charge is -2.05. The Kier molecular flexibility index (Phi) is 2.52. The van der Waals surface area contributed by atoms with E-state index in [1.807, 2.05) is 0 Å². The third kappa shape index (κ3) is 1.54. The zero-order valence-corrected chi connectivity index (χ0v) is 7.72. The van der Waals surface area contributed by atoms with E-state index in [1.165, 1.54) is 0 Å². The second-order valence-corrected chi connectivity index (χ2v) is 3.20. The van der Waals surface area contributed by atoms with Crippen LogP contribution in [0, 0.1) is 6.92 Å². The fourth-order valence-corrected chi connectivity index (χ4v) is 1.32. The van der Waals surface area contributed by atoms with Crippen LogP contribution in [0.5, 0.6) is 5.75 Å². The lowest BCUT2D eigenvalue weighted by Crippen LogP contribution is -1.88. The highest BCUT2D eigenvalue weighted by atomic mass is 79.9. The first-order chi connectivity index (χ1) is 5.16. The van der Waals surface area contributed by atoms with Gasteiger partial charge in [0.15, 0.2) is 0 Å². The van der Waals surface area contributed by atoms with E-state index in [0.717, 1.165) is 10.0 Å². The third-order valence-corrected chi connectivity index (χ3v) is 2.33. The minimum absolute atomic E-state index is 0.145. The van der Waals surface area contributed by atoms with Crippen LogP contribution in [-0.4, -0.2) is 10.2 Å². The van der Waals surface area contributed by atoms with Crippen LogP contribution in [0.1, 0.15) is 11.1 Å². The van der Waals surface area contributed by atoms with Crippen LogP contribution in [0.4, 0.5) is 0 Å². The van der Waals surface area contributed by atoms with Gasteiger partial charge in [-0.05, 0) is 18.6 Å². The van der Waals surface area contributed by atoms with E-state index in [0.29, 0.717) is 5.56 Å². The zero-order valence-electron chi connectivity index (χ0n) is 6.13. The van der Waals surface area contributed by atoms with Crippen molar-refractivity contribution in [2.24, 2.45) is 0 Å². The molecule has 0 spiro atoms. The highest BCUT2D eigenvalue weighted by Gasteiger charge is 2.06. The summed E-state index contributed by atoms with van der Waals surface area (Å²) in [6.45, 7) is 1.65. The van der Waals surface area contributed by atoms with Crippen molar-refractivity contribution in [1.29, 1.82) is 0 Å². The predicted octanol–water partition coefficient (Wildman–Crippen LogP) is 1.96. The maximum absolute atomic E-state index is 9.39. The van der Waals surface area contributed by atoms with Gasteiger partial charge in [0, 0.05) is 10.0 Å². The minimum atomic E-state index is -0.145. The van der Waals surface area contributed by atoms with Crippen molar-refractivity contribution >= 4 is 15.9 Å². The summed E-state index contributed by atoms with van der Waals surface area (Å²) in [5.41, 5.74) is 1.32. The van der Waals surface area contributed by atoms with Crippen molar-refractivity contribution in [3.05, 3.63) is 27.7 Å². The van der Waals surface area contributed by atoms with Gasteiger partial charge in [0.1, 0.15) is 5.75 Å². The highest BCUT2D eigenvalue weighted by Crippen LogP contribution is 2.28. The summed E-state index contributed by atoms with van der Waals surface area (Å²) in [6, 6.07) is 3.60. The van der Waals surface area contributed by atoms with Crippen LogP contribution < -0.4 is 0 Å². The van der Waals surface area contributed by atoms with Gasteiger partial charge < -0.3 is 10.2 Å². The molecule has 0 unspecified atom stereocenters. The Hall–Kier alpha value is -0.540. The van der Waals surface area contributed by atoms with Crippen molar-refractivity contribution in [3.8, 4) is 5.75 Å². The molecular formula is C8H9BrO2. The summed E-state index contributed by atoms with van der Waals surface area (Å²) in [4.78, 5) is 0. The van der Waals surface area contributed by atoms with E-state index < -0.39 is 0 Å². The second-order valence-electron chi connectivity index (χ2n) is 2.35. The molecule has 0 saturated heterocycles. The normalized spacial score (nSPS) is 10.1. The fourth-order valence-electron chi connectivity index (χ4n) is 0.879. The van der Waals surface area contributed by atoms with Crippen LogP contribution in [0.2, 0.25) is 0 Å². The molecule has 1 rings (SSSR count). The first-order valence-electron chi connectivity index (χ1n) is 3.24. The van der Waals surface area contributed by atoms with Crippen molar-refractivity contribution in [3.63, 3.8) is 0 Å². The van der Waals surface area contributed by atoms with Gasteiger partial charge in [-0.2, -0.15) is 0 Å². The molecule has 0 fully saturated rings. The molecule has 0 aromatic heterocycles. The van der Waals surface area contributed by atoms with Crippen molar-refractivity contribution in [1.82, 2.24) is 0 Å². The first kappa shape index (κ1) is 8.56. The number of aliphatic hydroxyl groups excluding tert-OH is 1. The molecule has 0 atom stereocenters. The van der Waals surface area contributed by atoms with Crippen LogP contribution in [0.3, 0.4) is 0 Å². The predicted molar refractivity (Wildman–Crippen MR) is 46.5 cm³/mol. The molecule has 60 valence electrons. The Labute approximate surface area is 73.6 Å². The van der Waals surface area contributed by atoms with Gasteiger partial charge >= 0.3 is 0 Å². The highest BCUT2D eigenvalue weighted by molar-refractivity contribution is 9.10. The number of benzene rings is 1. The molecule has 0 bridgehead atoms. The fraction of sp³-hybridized carbons (Fsp3) is 0.250. The number of rotatable bonds is 1. The van der Waals surface area contributed by atoms with Gasteiger partial charge in [-0.25, -0.2) is 0 Å². The quantitative estimate of drug-likeness (QED) is 0.754. The largest absolute Gasteiger partial charge is 0.507 e. The maximum atomic E-state index is 9.39. The number of aliphatic hydroxyl groups is 1. The molecular weight excluding hydrogens is 208 g/mol. The Morgan fingerprint density at radius 3 is 2.55 bits per heavy atom. The Morgan fingerprint density at radius 1 is 1.45 bits per heavy atom. The van der Waals surface area contributed by atoms with E-state index in [-0.39, 0.29) is 12.4 Å². The molecule has 0 aliphatic rings. The molecule has 0 aliphatic heterocycles. The average Bonchev–Trinajstić information content (AvgIpc) is 1.99. The van der Waals surface area contributed by atoms with Crippen molar-refractivity contribution < 1.29 is 10.2 Å². The summed E-state index contributed by atoms with van der Waals surface area (Å²) in [7, 11) is 0. The molecule has 1 aromatic rings. The number of hydrogen-bond acceptors (Lipinski definition) is 2. The Balaban J connectivity index is 3.29. The van der Waals surface area contributed by atoms with E-state index in [1.54, 1.807) is 19.1 Å². The van der Waals surface area contributed by atoms with Gasteiger partial charge in [-0.15, -0.1) is 0 Å². The molecule has 2 nitrogen and oxygen atoms in total. The molecule has 0 saturated carbocycles. The van der Waals surface area contributed by atoms with E-state index in [4.69, 9.17) is 5.11 Å². The number of hydrogen-bond donors (Lipinski definition) is 2. The monoisotopic (exact) mass is 216 g/mol. The van der Waals surface area contributed by atoms with E-state index in [2.05, 4.69) is 15.9 Å². The number of aromatic hydroxyl groups is 1.